The number of nitrogens with one attached hydrogen (secondary N) is 1. The van der Waals surface area contributed by atoms with Crippen molar-refractivity contribution in [2.24, 2.45) is 0 Å². The molecule has 0 unspecified atom stereocenters. The van der Waals surface area contributed by atoms with E-state index in [4.69, 9.17) is 4.74 Å². The highest BCUT2D eigenvalue weighted by Gasteiger charge is 2.17. The number of ether oxygens (including phenoxy) is 1. The number of sulfonamides is 1. The van der Waals surface area contributed by atoms with E-state index in [0.717, 1.165) is 11.6 Å². The van der Waals surface area contributed by atoms with Crippen LogP contribution in [0.4, 0.5) is 5.69 Å². The highest BCUT2D eigenvalue weighted by molar-refractivity contribution is 7.92. The molecule has 22 heavy (non-hydrogen) atoms. The second-order valence-electron chi connectivity index (χ2n) is 4.54. The van der Waals surface area contributed by atoms with Crippen molar-refractivity contribution in [3.05, 3.63) is 66.7 Å². The van der Waals surface area contributed by atoms with Gasteiger partial charge in [-0.1, -0.05) is 36.4 Å². The lowest BCUT2D eigenvalue weighted by Crippen LogP contribution is -2.14. The van der Waals surface area contributed by atoms with Crippen molar-refractivity contribution in [2.75, 3.05) is 4.72 Å². The Labute approximate surface area is 129 Å². The maximum Gasteiger partial charge on any atom is 0.335 e. The predicted octanol–water partition coefficient (Wildman–Crippen LogP) is 2.89. The third-order valence-electron chi connectivity index (χ3n) is 2.84. The molecule has 0 heterocycles. The van der Waals surface area contributed by atoms with Crippen LogP contribution in [0.1, 0.15) is 5.56 Å². The monoisotopic (exact) mass is 317 g/mol. The second-order valence-corrected chi connectivity index (χ2v) is 6.22. The van der Waals surface area contributed by atoms with Crippen molar-refractivity contribution in [3.8, 4) is 5.75 Å². The molecule has 0 radical (unpaired) electrons. The fraction of sp³-hybridized carbons (Fsp3) is 0.0625. The molecule has 0 aliphatic rings. The number of esters is 1. The Morgan fingerprint density at radius 3 is 2.41 bits per heavy atom. The van der Waals surface area contributed by atoms with Crippen molar-refractivity contribution >= 4 is 21.7 Å². The molecule has 0 spiro atoms. The maximum atomic E-state index is 12.3. The molecule has 2 rings (SSSR count). The van der Waals surface area contributed by atoms with E-state index >= 15 is 0 Å². The molecule has 2 aromatic carbocycles. The smallest absolute Gasteiger partial charge is 0.335 e. The largest absolute Gasteiger partial charge is 0.421 e. The van der Waals surface area contributed by atoms with Crippen molar-refractivity contribution in [2.45, 2.75) is 11.8 Å². The molecule has 1 N–H and O–H groups in total. The molecule has 5 nitrogen and oxygen atoms in total. The lowest BCUT2D eigenvalue weighted by molar-refractivity contribution is -0.128. The van der Waals surface area contributed by atoms with Gasteiger partial charge in [-0.25, -0.2) is 13.2 Å². The fourth-order valence-corrected chi connectivity index (χ4v) is 2.78. The van der Waals surface area contributed by atoms with Crippen LogP contribution in [-0.4, -0.2) is 14.4 Å². The topological polar surface area (TPSA) is 72.5 Å². The van der Waals surface area contributed by atoms with E-state index in [1.54, 1.807) is 24.3 Å². The van der Waals surface area contributed by atoms with E-state index < -0.39 is 16.0 Å². The first-order valence-electron chi connectivity index (χ1n) is 6.45. The zero-order valence-corrected chi connectivity index (χ0v) is 12.8. The number of hydrogen-bond donors (Lipinski definition) is 1. The second kappa shape index (κ2) is 6.44. The van der Waals surface area contributed by atoms with Gasteiger partial charge in [0.05, 0.1) is 10.6 Å². The number of anilines is 1. The Morgan fingerprint density at radius 2 is 1.77 bits per heavy atom. The lowest BCUT2D eigenvalue weighted by atomic mass is 10.2. The van der Waals surface area contributed by atoms with E-state index in [2.05, 4.69) is 11.3 Å². The lowest BCUT2D eigenvalue weighted by Gasteiger charge is -2.12. The Morgan fingerprint density at radius 1 is 1.14 bits per heavy atom. The minimum absolute atomic E-state index is 0.114. The van der Waals surface area contributed by atoms with Gasteiger partial charge in [0.1, 0.15) is 0 Å². The normalized spacial score (nSPS) is 10.8. The number of hydrogen-bond acceptors (Lipinski definition) is 4. The molecule has 2 aromatic rings. The number of aryl methyl sites for hydroxylation is 1. The van der Waals surface area contributed by atoms with E-state index in [9.17, 15) is 13.2 Å². The Bertz CT molecular complexity index is 795. The summed E-state index contributed by atoms with van der Waals surface area (Å²) in [6.45, 7) is 5.17. The van der Waals surface area contributed by atoms with Gasteiger partial charge in [-0.15, -0.1) is 0 Å². The number of benzene rings is 2. The van der Waals surface area contributed by atoms with Crippen LogP contribution in [0.2, 0.25) is 0 Å². The fourth-order valence-electron chi connectivity index (χ4n) is 1.71. The summed E-state index contributed by atoms with van der Waals surface area (Å²) in [5.41, 5.74) is 1.14. The van der Waals surface area contributed by atoms with Gasteiger partial charge in [-0.3, -0.25) is 4.72 Å². The summed E-state index contributed by atoms with van der Waals surface area (Å²) in [7, 11) is -3.76. The number of para-hydroxylation sites is 2. The first kappa shape index (κ1) is 15.8. The number of carbonyl (C=O) groups excluding carboxylic acids is 1. The van der Waals surface area contributed by atoms with Gasteiger partial charge < -0.3 is 4.74 Å². The molecule has 6 heteroatoms. The molecule has 0 fully saturated rings. The summed E-state index contributed by atoms with van der Waals surface area (Å²) in [5, 5.41) is 0. The van der Waals surface area contributed by atoms with Gasteiger partial charge in [0, 0.05) is 6.08 Å². The molecule has 0 aliphatic carbocycles. The van der Waals surface area contributed by atoms with Crippen LogP contribution >= 0.6 is 0 Å². The van der Waals surface area contributed by atoms with Gasteiger partial charge in [-0.05, 0) is 31.2 Å². The first-order valence-corrected chi connectivity index (χ1v) is 7.93. The zero-order valence-electron chi connectivity index (χ0n) is 11.9. The standard InChI is InChI=1S/C16H15NO4S/c1-3-16(18)21-15-7-5-4-6-14(15)17-22(19,20)13-10-8-12(2)9-11-13/h3-11,17H,1H2,2H3. The Kier molecular flexibility index (Phi) is 4.62. The van der Waals surface area contributed by atoms with Crippen LogP contribution in [-0.2, 0) is 14.8 Å². The molecule has 0 saturated heterocycles. The van der Waals surface area contributed by atoms with Gasteiger partial charge in [0.2, 0.25) is 0 Å². The van der Waals surface area contributed by atoms with Crippen LogP contribution in [0.3, 0.4) is 0 Å². The van der Waals surface area contributed by atoms with E-state index in [0.29, 0.717) is 0 Å². The summed E-state index contributed by atoms with van der Waals surface area (Å²) in [6.07, 6.45) is 1.01. The highest BCUT2D eigenvalue weighted by Crippen LogP contribution is 2.26. The van der Waals surface area contributed by atoms with Crippen LogP contribution in [0.5, 0.6) is 5.75 Å². The molecule has 0 aromatic heterocycles. The molecule has 0 aliphatic heterocycles. The average molecular weight is 317 g/mol. The average Bonchev–Trinajstić information content (AvgIpc) is 2.49. The summed E-state index contributed by atoms with van der Waals surface area (Å²) in [4.78, 5) is 11.4. The van der Waals surface area contributed by atoms with Crippen molar-refractivity contribution in [1.82, 2.24) is 0 Å². The van der Waals surface area contributed by atoms with Crippen molar-refractivity contribution in [3.63, 3.8) is 0 Å². The van der Waals surface area contributed by atoms with E-state index in [1.165, 1.54) is 24.3 Å². The highest BCUT2D eigenvalue weighted by atomic mass is 32.2. The molecule has 0 bridgehead atoms. The predicted molar refractivity (Wildman–Crippen MR) is 84.3 cm³/mol. The number of carbonyl (C=O) groups is 1. The molecule has 0 atom stereocenters. The summed E-state index contributed by atoms with van der Waals surface area (Å²) in [6, 6.07) is 12.7. The third kappa shape index (κ3) is 3.73. The molecular weight excluding hydrogens is 302 g/mol. The molecular formula is C16H15NO4S. The minimum Gasteiger partial charge on any atom is -0.421 e. The van der Waals surface area contributed by atoms with Gasteiger partial charge in [0.15, 0.2) is 5.75 Å². The zero-order chi connectivity index (χ0) is 16.2. The third-order valence-corrected chi connectivity index (χ3v) is 4.22. The molecule has 0 saturated carbocycles. The number of rotatable bonds is 5. The van der Waals surface area contributed by atoms with Gasteiger partial charge in [0.25, 0.3) is 10.0 Å². The van der Waals surface area contributed by atoms with Crippen LogP contribution in [0, 0.1) is 6.92 Å². The van der Waals surface area contributed by atoms with Crippen molar-refractivity contribution in [1.29, 1.82) is 0 Å². The molecule has 114 valence electrons. The summed E-state index contributed by atoms with van der Waals surface area (Å²) >= 11 is 0. The van der Waals surface area contributed by atoms with E-state index in [-0.39, 0.29) is 16.3 Å². The van der Waals surface area contributed by atoms with Gasteiger partial charge >= 0.3 is 5.97 Å². The minimum atomic E-state index is -3.76. The first-order chi connectivity index (χ1) is 10.4. The maximum absolute atomic E-state index is 12.3. The molecule has 0 amide bonds. The van der Waals surface area contributed by atoms with Gasteiger partial charge in [-0.2, -0.15) is 0 Å². The summed E-state index contributed by atoms with van der Waals surface area (Å²) < 4.78 is 32.1. The van der Waals surface area contributed by atoms with Crippen LogP contribution in [0.25, 0.3) is 0 Å². The van der Waals surface area contributed by atoms with E-state index in [1.807, 2.05) is 6.92 Å². The van der Waals surface area contributed by atoms with Crippen molar-refractivity contribution < 1.29 is 17.9 Å². The Hall–Kier alpha value is -2.60. The van der Waals surface area contributed by atoms with Crippen LogP contribution < -0.4 is 9.46 Å². The Balaban J connectivity index is 2.32. The quantitative estimate of drug-likeness (QED) is 0.523. The SMILES string of the molecule is C=CC(=O)Oc1ccccc1NS(=O)(=O)c1ccc(C)cc1. The van der Waals surface area contributed by atoms with Crippen LogP contribution in [0.15, 0.2) is 66.1 Å². The summed E-state index contributed by atoms with van der Waals surface area (Å²) in [5.74, 6) is -0.551.